The van der Waals surface area contributed by atoms with Crippen molar-refractivity contribution < 1.29 is 14.3 Å². The topological polar surface area (TPSA) is 71.2 Å². The summed E-state index contributed by atoms with van der Waals surface area (Å²) in [5.74, 6) is 0.617. The molecule has 0 bridgehead atoms. The lowest BCUT2D eigenvalue weighted by Gasteiger charge is -2.28. The Morgan fingerprint density at radius 1 is 1.25 bits per heavy atom. The molecule has 0 aromatic carbocycles. The minimum atomic E-state index is -0.144. The first kappa shape index (κ1) is 17.2. The van der Waals surface area contributed by atoms with Crippen LogP contribution in [0.5, 0.6) is 0 Å². The first-order valence-corrected chi connectivity index (χ1v) is 9.22. The monoisotopic (exact) mass is 332 g/mol. The quantitative estimate of drug-likeness (QED) is 0.814. The first-order valence-electron chi connectivity index (χ1n) is 9.22. The Bertz CT molecular complexity index is 620. The van der Waals surface area contributed by atoms with Crippen LogP contribution in [0, 0.1) is 12.8 Å². The Morgan fingerprint density at radius 3 is 2.79 bits per heavy atom. The lowest BCUT2D eigenvalue weighted by Crippen LogP contribution is -2.32. The molecule has 5 nitrogen and oxygen atoms in total. The summed E-state index contributed by atoms with van der Waals surface area (Å²) in [6.45, 7) is 5.14. The van der Waals surface area contributed by atoms with Crippen LogP contribution >= 0.6 is 0 Å². The number of aromatic amines is 1. The number of H-pyrrole nitrogens is 1. The van der Waals surface area contributed by atoms with Gasteiger partial charge in [0.15, 0.2) is 5.78 Å². The molecule has 1 saturated carbocycles. The number of ether oxygens (including phenoxy) is 1. The van der Waals surface area contributed by atoms with Crippen LogP contribution in [-0.4, -0.2) is 35.9 Å². The second-order valence-corrected chi connectivity index (χ2v) is 7.18. The van der Waals surface area contributed by atoms with Gasteiger partial charge in [0.1, 0.15) is 5.69 Å². The molecule has 3 rings (SSSR count). The number of ketones is 1. The Hall–Kier alpha value is -1.62. The fraction of sp³-hybridized carbons (Fsp3) is 0.684. The molecular weight excluding hydrogens is 304 g/mol. The Kier molecular flexibility index (Phi) is 5.39. The third-order valence-corrected chi connectivity index (χ3v) is 5.42. The molecule has 1 fully saturated rings. The molecule has 5 heteroatoms. The van der Waals surface area contributed by atoms with E-state index in [1.54, 1.807) is 0 Å². The fourth-order valence-electron chi connectivity index (χ4n) is 3.99. The zero-order chi connectivity index (χ0) is 17.1. The fourth-order valence-corrected chi connectivity index (χ4v) is 3.99. The van der Waals surface area contributed by atoms with Crippen molar-refractivity contribution in [2.45, 2.75) is 64.9 Å². The summed E-state index contributed by atoms with van der Waals surface area (Å²) in [5.41, 5.74) is 2.97. The smallest absolute Gasteiger partial charge is 0.268 e. The molecule has 2 aliphatic carbocycles. The van der Waals surface area contributed by atoms with Crippen LogP contribution in [0.3, 0.4) is 0 Å². The van der Waals surface area contributed by atoms with Crippen molar-refractivity contribution in [3.05, 3.63) is 22.5 Å². The van der Waals surface area contributed by atoms with E-state index in [1.807, 2.05) is 6.92 Å². The van der Waals surface area contributed by atoms with E-state index in [2.05, 4.69) is 17.2 Å². The van der Waals surface area contributed by atoms with Crippen molar-refractivity contribution >= 4 is 11.7 Å². The van der Waals surface area contributed by atoms with Crippen LogP contribution in [0.1, 0.15) is 77.6 Å². The summed E-state index contributed by atoms with van der Waals surface area (Å²) >= 11 is 0. The summed E-state index contributed by atoms with van der Waals surface area (Å²) in [6, 6.07) is 0. The van der Waals surface area contributed by atoms with Gasteiger partial charge in [0.2, 0.25) is 0 Å². The maximum atomic E-state index is 12.4. The molecule has 0 spiro atoms. The van der Waals surface area contributed by atoms with Gasteiger partial charge in [0.25, 0.3) is 5.91 Å². The molecular formula is C19H28N2O3. The number of aryl methyl sites for hydroxylation is 1. The summed E-state index contributed by atoms with van der Waals surface area (Å²) in [7, 11) is 0. The number of nitrogens with one attached hydrogen (secondary N) is 2. The van der Waals surface area contributed by atoms with Crippen LogP contribution in [0.2, 0.25) is 0 Å². The lowest BCUT2D eigenvalue weighted by molar-refractivity contribution is -0.00295. The van der Waals surface area contributed by atoms with Gasteiger partial charge in [-0.25, -0.2) is 0 Å². The maximum absolute atomic E-state index is 12.4. The molecule has 132 valence electrons. The van der Waals surface area contributed by atoms with E-state index < -0.39 is 0 Å². The van der Waals surface area contributed by atoms with Crippen LogP contribution < -0.4 is 5.32 Å². The van der Waals surface area contributed by atoms with E-state index in [0.717, 1.165) is 36.1 Å². The number of rotatable bonds is 5. The van der Waals surface area contributed by atoms with E-state index >= 15 is 0 Å². The molecule has 1 aromatic heterocycles. The van der Waals surface area contributed by atoms with Gasteiger partial charge in [-0.2, -0.15) is 0 Å². The third kappa shape index (κ3) is 3.56. The van der Waals surface area contributed by atoms with Crippen molar-refractivity contribution in [3.8, 4) is 0 Å². The molecule has 0 unspecified atom stereocenters. The Balaban J connectivity index is 1.51. The zero-order valence-corrected chi connectivity index (χ0v) is 14.7. The van der Waals surface area contributed by atoms with Crippen LogP contribution in [-0.2, 0) is 11.2 Å². The number of hydrogen-bond acceptors (Lipinski definition) is 3. The first-order chi connectivity index (χ1) is 11.6. The number of aromatic nitrogens is 1. The summed E-state index contributed by atoms with van der Waals surface area (Å²) in [5, 5.41) is 2.91. The predicted molar refractivity (Wildman–Crippen MR) is 92.5 cm³/mol. The molecule has 2 N–H and O–H groups in total. The largest absolute Gasteiger partial charge is 0.376 e. The van der Waals surface area contributed by atoms with E-state index in [-0.39, 0.29) is 11.7 Å². The standard InChI is InChI=1S/C19H28N2O3/c1-12-6-3-4-9-16(12)24-11-10-20-19(23)18-13(2)17-14(21-18)7-5-8-15(17)22/h12,16,21H,3-11H2,1-2H3,(H,20,23)/t12-,16-/m1/s1. The van der Waals surface area contributed by atoms with E-state index in [0.29, 0.717) is 37.3 Å². The van der Waals surface area contributed by atoms with Crippen molar-refractivity contribution in [3.63, 3.8) is 0 Å². The van der Waals surface area contributed by atoms with Gasteiger partial charge in [0.05, 0.1) is 12.7 Å². The molecule has 0 aliphatic heterocycles. The molecule has 24 heavy (non-hydrogen) atoms. The average Bonchev–Trinajstić information content (AvgIpc) is 2.91. The van der Waals surface area contributed by atoms with Crippen LogP contribution in [0.25, 0.3) is 0 Å². The molecule has 1 amide bonds. The van der Waals surface area contributed by atoms with Crippen molar-refractivity contribution in [1.82, 2.24) is 10.3 Å². The molecule has 0 radical (unpaired) electrons. The summed E-state index contributed by atoms with van der Waals surface area (Å²) in [4.78, 5) is 27.6. The highest BCUT2D eigenvalue weighted by Crippen LogP contribution is 2.27. The lowest BCUT2D eigenvalue weighted by atomic mass is 9.88. The number of fused-ring (bicyclic) bond motifs is 1. The Labute approximate surface area is 143 Å². The van der Waals surface area contributed by atoms with Crippen molar-refractivity contribution in [2.24, 2.45) is 5.92 Å². The number of amides is 1. The van der Waals surface area contributed by atoms with Gasteiger partial charge >= 0.3 is 0 Å². The van der Waals surface area contributed by atoms with Gasteiger partial charge in [-0.15, -0.1) is 0 Å². The molecule has 1 heterocycles. The minimum absolute atomic E-state index is 0.144. The number of Topliss-reactive ketones (excluding diaryl/α,β-unsaturated/α-hetero) is 1. The normalized spacial score (nSPS) is 23.8. The predicted octanol–water partition coefficient (Wildman–Crippen LogP) is 3.17. The number of hydrogen-bond donors (Lipinski definition) is 2. The minimum Gasteiger partial charge on any atom is -0.376 e. The second-order valence-electron chi connectivity index (χ2n) is 7.18. The Morgan fingerprint density at radius 2 is 2.04 bits per heavy atom. The third-order valence-electron chi connectivity index (χ3n) is 5.42. The highest BCUT2D eigenvalue weighted by atomic mass is 16.5. The van der Waals surface area contributed by atoms with Gasteiger partial charge in [-0.05, 0) is 44.1 Å². The summed E-state index contributed by atoms with van der Waals surface area (Å²) < 4.78 is 5.93. The highest BCUT2D eigenvalue weighted by Gasteiger charge is 2.26. The molecule has 2 atom stereocenters. The molecule has 2 aliphatic rings. The number of carbonyl (C=O) groups excluding carboxylic acids is 2. The SMILES string of the molecule is Cc1c(C(=O)NCCO[C@@H]2CCCC[C@H]2C)[nH]c2c1C(=O)CCC2. The summed E-state index contributed by atoms with van der Waals surface area (Å²) in [6.07, 6.45) is 7.51. The van der Waals surface area contributed by atoms with Crippen molar-refractivity contribution in [1.29, 1.82) is 0 Å². The van der Waals surface area contributed by atoms with Crippen molar-refractivity contribution in [2.75, 3.05) is 13.2 Å². The van der Waals surface area contributed by atoms with Gasteiger partial charge in [-0.1, -0.05) is 19.8 Å². The van der Waals surface area contributed by atoms with Gasteiger partial charge in [-0.3, -0.25) is 9.59 Å². The van der Waals surface area contributed by atoms with E-state index in [4.69, 9.17) is 4.74 Å². The molecule has 0 saturated heterocycles. The highest BCUT2D eigenvalue weighted by molar-refractivity contribution is 6.04. The maximum Gasteiger partial charge on any atom is 0.268 e. The van der Waals surface area contributed by atoms with E-state index in [9.17, 15) is 9.59 Å². The molecule has 1 aromatic rings. The van der Waals surface area contributed by atoms with Gasteiger partial charge in [0, 0.05) is 24.2 Å². The van der Waals surface area contributed by atoms with E-state index in [1.165, 1.54) is 19.3 Å². The average molecular weight is 332 g/mol. The van der Waals surface area contributed by atoms with Crippen LogP contribution in [0.4, 0.5) is 0 Å². The zero-order valence-electron chi connectivity index (χ0n) is 14.7. The number of carbonyl (C=O) groups is 2. The van der Waals surface area contributed by atoms with Gasteiger partial charge < -0.3 is 15.0 Å². The second kappa shape index (κ2) is 7.51. The van der Waals surface area contributed by atoms with Crippen LogP contribution in [0.15, 0.2) is 0 Å².